The smallest absolute Gasteiger partial charge is 0.287 e. The van der Waals surface area contributed by atoms with Gasteiger partial charge in [0.05, 0.1) is 6.04 Å². The summed E-state index contributed by atoms with van der Waals surface area (Å²) in [6.45, 7) is 2.57. The maximum absolute atomic E-state index is 12.2. The monoisotopic (exact) mass is 326 g/mol. The number of aryl methyl sites for hydroxylation is 1. The highest BCUT2D eigenvalue weighted by molar-refractivity contribution is 5.92. The molecule has 6 nitrogen and oxygen atoms in total. The second-order valence-corrected chi connectivity index (χ2v) is 5.90. The zero-order valence-electron chi connectivity index (χ0n) is 13.3. The maximum atomic E-state index is 12.2. The summed E-state index contributed by atoms with van der Waals surface area (Å²) < 4.78 is 5.27. The molecule has 124 valence electrons. The summed E-state index contributed by atoms with van der Waals surface area (Å²) >= 11 is 0. The van der Waals surface area contributed by atoms with Gasteiger partial charge in [-0.25, -0.2) is 0 Å². The molecule has 0 aliphatic carbocycles. The lowest BCUT2D eigenvalue weighted by atomic mass is 10.2. The molecule has 0 saturated carbocycles. The topological polar surface area (TPSA) is 79.6 Å². The summed E-state index contributed by atoms with van der Waals surface area (Å²) in [6.07, 6.45) is 0.245. The Morgan fingerprint density at radius 1 is 1.25 bits per heavy atom. The van der Waals surface area contributed by atoms with Crippen LogP contribution in [0.4, 0.5) is 0 Å². The van der Waals surface area contributed by atoms with Crippen molar-refractivity contribution in [1.29, 1.82) is 0 Å². The number of nitrogens with zero attached hydrogens (tertiary/aromatic N) is 1. The highest BCUT2D eigenvalue weighted by Gasteiger charge is 2.31. The molecule has 3 rings (SSSR count). The van der Waals surface area contributed by atoms with Gasteiger partial charge in [-0.15, -0.1) is 0 Å². The van der Waals surface area contributed by atoms with Gasteiger partial charge in [-0.1, -0.05) is 30.3 Å². The Bertz CT molecular complexity index is 813. The first kappa shape index (κ1) is 16.0. The van der Waals surface area contributed by atoms with Crippen LogP contribution in [-0.4, -0.2) is 29.3 Å². The minimum absolute atomic E-state index is 0.00477. The van der Waals surface area contributed by atoms with Gasteiger partial charge in [-0.3, -0.25) is 14.4 Å². The lowest BCUT2D eigenvalue weighted by Crippen LogP contribution is -2.37. The van der Waals surface area contributed by atoms with E-state index in [-0.39, 0.29) is 29.6 Å². The van der Waals surface area contributed by atoms with Gasteiger partial charge in [0.2, 0.25) is 5.91 Å². The van der Waals surface area contributed by atoms with Crippen molar-refractivity contribution in [2.75, 3.05) is 6.54 Å². The van der Waals surface area contributed by atoms with Crippen molar-refractivity contribution in [3.63, 3.8) is 0 Å². The summed E-state index contributed by atoms with van der Waals surface area (Å²) in [6, 6.07) is 11.9. The summed E-state index contributed by atoms with van der Waals surface area (Å²) in [5, 5.41) is 2.76. The second-order valence-electron chi connectivity index (χ2n) is 5.90. The highest BCUT2D eigenvalue weighted by atomic mass is 16.3. The third-order valence-corrected chi connectivity index (χ3v) is 3.88. The summed E-state index contributed by atoms with van der Waals surface area (Å²) in [7, 11) is 0. The first-order valence-electron chi connectivity index (χ1n) is 7.75. The Morgan fingerprint density at radius 2 is 2.00 bits per heavy atom. The van der Waals surface area contributed by atoms with E-state index in [1.807, 2.05) is 30.3 Å². The van der Waals surface area contributed by atoms with Crippen LogP contribution in [0.2, 0.25) is 0 Å². The summed E-state index contributed by atoms with van der Waals surface area (Å²) in [5.41, 5.74) is 0.764. The van der Waals surface area contributed by atoms with Gasteiger partial charge in [-0.2, -0.15) is 0 Å². The summed E-state index contributed by atoms with van der Waals surface area (Å²) in [5.74, 6) is -0.139. The van der Waals surface area contributed by atoms with E-state index in [2.05, 4.69) is 5.32 Å². The SMILES string of the molecule is Cc1cc(=O)cc(C(=O)N[C@H]2CC(=O)N(Cc3ccccc3)C2)o1. The number of carbonyl (C=O) groups is 2. The molecule has 1 aliphatic rings. The highest BCUT2D eigenvalue weighted by Crippen LogP contribution is 2.15. The molecule has 1 fully saturated rings. The van der Waals surface area contributed by atoms with Crippen LogP contribution in [0.25, 0.3) is 0 Å². The fraction of sp³-hybridized carbons (Fsp3) is 0.278. The number of rotatable bonds is 4. The molecule has 1 aromatic heterocycles. The van der Waals surface area contributed by atoms with Crippen LogP contribution in [0, 0.1) is 6.92 Å². The summed E-state index contributed by atoms with van der Waals surface area (Å²) in [4.78, 5) is 37.5. The molecule has 24 heavy (non-hydrogen) atoms. The predicted molar refractivity (Wildman–Crippen MR) is 87.4 cm³/mol. The molecule has 1 N–H and O–H groups in total. The molecule has 1 atom stereocenters. The molecule has 2 aromatic rings. The van der Waals surface area contributed by atoms with Gasteiger partial charge in [0.1, 0.15) is 5.76 Å². The molecule has 2 heterocycles. The predicted octanol–water partition coefficient (Wildman–Crippen LogP) is 1.48. The molecule has 6 heteroatoms. The van der Waals surface area contributed by atoms with E-state index in [9.17, 15) is 14.4 Å². The van der Waals surface area contributed by atoms with E-state index in [0.717, 1.165) is 11.6 Å². The van der Waals surface area contributed by atoms with Gasteiger partial charge in [0.15, 0.2) is 11.2 Å². The van der Waals surface area contributed by atoms with Crippen LogP contribution in [0.3, 0.4) is 0 Å². The van der Waals surface area contributed by atoms with Crippen molar-refractivity contribution in [2.45, 2.75) is 25.9 Å². The van der Waals surface area contributed by atoms with Crippen LogP contribution in [0.15, 0.2) is 51.7 Å². The maximum Gasteiger partial charge on any atom is 0.287 e. The van der Waals surface area contributed by atoms with Gasteiger partial charge in [-0.05, 0) is 12.5 Å². The molecule has 0 unspecified atom stereocenters. The normalized spacial score (nSPS) is 17.1. The van der Waals surface area contributed by atoms with Crippen molar-refractivity contribution in [2.24, 2.45) is 0 Å². The van der Waals surface area contributed by atoms with Crippen LogP contribution in [0.5, 0.6) is 0 Å². The zero-order valence-corrected chi connectivity index (χ0v) is 13.3. The van der Waals surface area contributed by atoms with E-state index in [0.29, 0.717) is 18.8 Å². The number of hydrogen-bond acceptors (Lipinski definition) is 4. The van der Waals surface area contributed by atoms with Crippen LogP contribution >= 0.6 is 0 Å². The first-order chi connectivity index (χ1) is 11.5. The fourth-order valence-electron chi connectivity index (χ4n) is 2.80. The molecule has 1 aliphatic heterocycles. The van der Waals surface area contributed by atoms with Crippen molar-refractivity contribution in [3.05, 3.63) is 69.8 Å². The first-order valence-corrected chi connectivity index (χ1v) is 7.75. The molecular weight excluding hydrogens is 308 g/mol. The van der Waals surface area contributed by atoms with Gasteiger partial charge >= 0.3 is 0 Å². The average Bonchev–Trinajstić information content (AvgIpc) is 2.87. The van der Waals surface area contributed by atoms with E-state index >= 15 is 0 Å². The van der Waals surface area contributed by atoms with E-state index in [1.165, 1.54) is 6.07 Å². The Morgan fingerprint density at radius 3 is 2.71 bits per heavy atom. The Balaban J connectivity index is 1.63. The van der Waals surface area contributed by atoms with Crippen LogP contribution < -0.4 is 10.7 Å². The Hall–Kier alpha value is -2.89. The zero-order chi connectivity index (χ0) is 17.1. The van der Waals surface area contributed by atoms with Crippen molar-refractivity contribution < 1.29 is 14.0 Å². The van der Waals surface area contributed by atoms with Gasteiger partial charge < -0.3 is 14.6 Å². The largest absolute Gasteiger partial charge is 0.456 e. The lowest BCUT2D eigenvalue weighted by Gasteiger charge is -2.17. The molecule has 0 bridgehead atoms. The second kappa shape index (κ2) is 6.70. The van der Waals surface area contributed by atoms with Gasteiger partial charge in [0, 0.05) is 31.6 Å². The fourth-order valence-corrected chi connectivity index (χ4v) is 2.80. The Kier molecular flexibility index (Phi) is 4.46. The molecule has 0 radical (unpaired) electrons. The number of nitrogens with one attached hydrogen (secondary N) is 1. The van der Waals surface area contributed by atoms with E-state index < -0.39 is 5.91 Å². The minimum Gasteiger partial charge on any atom is -0.456 e. The Labute approximate surface area is 139 Å². The number of hydrogen-bond donors (Lipinski definition) is 1. The molecule has 0 spiro atoms. The van der Waals surface area contributed by atoms with Gasteiger partial charge in [0.25, 0.3) is 5.91 Å². The van der Waals surface area contributed by atoms with E-state index in [1.54, 1.807) is 11.8 Å². The number of benzene rings is 1. The van der Waals surface area contributed by atoms with Crippen LogP contribution in [0.1, 0.15) is 28.3 Å². The molecule has 1 saturated heterocycles. The third kappa shape index (κ3) is 3.71. The molecule has 1 aromatic carbocycles. The lowest BCUT2D eigenvalue weighted by molar-refractivity contribution is -0.128. The van der Waals surface area contributed by atoms with Crippen molar-refractivity contribution in [1.82, 2.24) is 10.2 Å². The van der Waals surface area contributed by atoms with Crippen molar-refractivity contribution in [3.8, 4) is 0 Å². The number of amides is 2. The van der Waals surface area contributed by atoms with Crippen molar-refractivity contribution >= 4 is 11.8 Å². The number of likely N-dealkylation sites (tertiary alicyclic amines) is 1. The third-order valence-electron chi connectivity index (χ3n) is 3.88. The van der Waals surface area contributed by atoms with Crippen LogP contribution in [-0.2, 0) is 11.3 Å². The number of carbonyl (C=O) groups excluding carboxylic acids is 2. The molecule has 2 amide bonds. The standard InChI is InChI=1S/C18H18N2O4/c1-12-7-15(21)9-16(24-12)18(23)19-14-8-17(22)20(11-14)10-13-5-3-2-4-6-13/h2-7,9,14H,8,10-11H2,1H3,(H,19,23)/t14-/m0/s1. The average molecular weight is 326 g/mol. The van der Waals surface area contributed by atoms with E-state index in [4.69, 9.17) is 4.42 Å². The molecular formula is C18H18N2O4. The minimum atomic E-state index is -0.477. The quantitative estimate of drug-likeness (QED) is 0.923.